The molecule has 1 aliphatic rings. The van der Waals surface area contributed by atoms with E-state index in [0.29, 0.717) is 12.4 Å². The van der Waals surface area contributed by atoms with Crippen LogP contribution in [0.4, 0.5) is 16.3 Å². The van der Waals surface area contributed by atoms with Gasteiger partial charge in [-0.2, -0.15) is 4.98 Å². The number of rotatable bonds is 6. The number of hydrogen-bond donors (Lipinski definition) is 2. The SMILES string of the molecule is COc1ccc(CC(=O)Nc2nc3n(n2)[C@H](c2ccc(F)cc2)C[C@@H](c2ccccc2)N3)cc1. The number of benzene rings is 3. The predicted molar refractivity (Wildman–Crippen MR) is 127 cm³/mol. The lowest BCUT2D eigenvalue weighted by atomic mass is 9.93. The van der Waals surface area contributed by atoms with E-state index in [0.717, 1.165) is 22.4 Å². The number of ether oxygens (including phenoxy) is 1. The van der Waals surface area contributed by atoms with Crippen LogP contribution in [0.5, 0.6) is 5.75 Å². The second-order valence-corrected chi connectivity index (χ2v) is 8.19. The van der Waals surface area contributed by atoms with Crippen LogP contribution < -0.4 is 15.4 Å². The van der Waals surface area contributed by atoms with Gasteiger partial charge in [-0.05, 0) is 47.4 Å². The molecule has 0 unspecified atom stereocenters. The molecule has 1 aliphatic heterocycles. The van der Waals surface area contributed by atoms with Crippen LogP contribution in [0.3, 0.4) is 0 Å². The first-order valence-electron chi connectivity index (χ1n) is 11.1. The summed E-state index contributed by atoms with van der Waals surface area (Å²) in [5.41, 5.74) is 2.90. The van der Waals surface area contributed by atoms with Crippen molar-refractivity contribution in [1.29, 1.82) is 0 Å². The number of fused-ring (bicyclic) bond motifs is 1. The van der Waals surface area contributed by atoms with Gasteiger partial charge in [-0.15, -0.1) is 5.10 Å². The minimum absolute atomic E-state index is 0.00389. The van der Waals surface area contributed by atoms with Crippen molar-refractivity contribution < 1.29 is 13.9 Å². The molecule has 5 rings (SSSR count). The highest BCUT2D eigenvalue weighted by Crippen LogP contribution is 2.38. The van der Waals surface area contributed by atoms with E-state index >= 15 is 0 Å². The lowest BCUT2D eigenvalue weighted by molar-refractivity contribution is -0.115. The minimum Gasteiger partial charge on any atom is -0.497 e. The van der Waals surface area contributed by atoms with Gasteiger partial charge in [0.1, 0.15) is 11.6 Å². The first-order chi connectivity index (χ1) is 16.6. The predicted octanol–water partition coefficient (Wildman–Crippen LogP) is 4.75. The van der Waals surface area contributed by atoms with E-state index in [-0.39, 0.29) is 36.2 Å². The number of nitrogens with one attached hydrogen (secondary N) is 2. The molecule has 0 spiro atoms. The number of aromatic nitrogens is 3. The van der Waals surface area contributed by atoms with Crippen molar-refractivity contribution in [3.63, 3.8) is 0 Å². The zero-order valence-corrected chi connectivity index (χ0v) is 18.6. The molecule has 0 saturated heterocycles. The van der Waals surface area contributed by atoms with Gasteiger partial charge in [0.2, 0.25) is 11.9 Å². The quantitative estimate of drug-likeness (QED) is 0.437. The normalized spacial score (nSPS) is 16.9. The van der Waals surface area contributed by atoms with Crippen LogP contribution in [-0.2, 0) is 11.2 Å². The maximum atomic E-state index is 13.6. The Morgan fingerprint density at radius 2 is 1.79 bits per heavy atom. The first kappa shape index (κ1) is 21.6. The number of nitrogens with zero attached hydrogens (tertiary/aromatic N) is 3. The average molecular weight is 458 g/mol. The number of carbonyl (C=O) groups excluding carboxylic acids is 1. The maximum absolute atomic E-state index is 13.6. The van der Waals surface area contributed by atoms with Gasteiger partial charge in [0.25, 0.3) is 5.95 Å². The fraction of sp³-hybridized carbons (Fsp3) is 0.192. The molecule has 0 saturated carbocycles. The lowest BCUT2D eigenvalue weighted by Gasteiger charge is -2.31. The third-order valence-electron chi connectivity index (χ3n) is 5.92. The summed E-state index contributed by atoms with van der Waals surface area (Å²) < 4.78 is 20.5. The summed E-state index contributed by atoms with van der Waals surface area (Å²) in [5.74, 6) is 1.00. The molecule has 4 aromatic rings. The van der Waals surface area contributed by atoms with E-state index in [1.807, 2.05) is 42.5 Å². The summed E-state index contributed by atoms with van der Waals surface area (Å²) in [6, 6.07) is 23.7. The Morgan fingerprint density at radius 1 is 1.06 bits per heavy atom. The third-order valence-corrected chi connectivity index (χ3v) is 5.92. The molecule has 172 valence electrons. The molecule has 0 radical (unpaired) electrons. The Balaban J connectivity index is 1.39. The summed E-state index contributed by atoms with van der Waals surface area (Å²) in [5, 5.41) is 10.8. The molecule has 1 aromatic heterocycles. The molecule has 2 atom stereocenters. The van der Waals surface area contributed by atoms with Crippen molar-refractivity contribution in [3.8, 4) is 5.75 Å². The Bertz CT molecular complexity index is 1270. The molecular weight excluding hydrogens is 433 g/mol. The van der Waals surface area contributed by atoms with Crippen LogP contribution in [-0.4, -0.2) is 27.8 Å². The summed E-state index contributed by atoms with van der Waals surface area (Å²) in [6.45, 7) is 0. The molecule has 0 fully saturated rings. The highest BCUT2D eigenvalue weighted by molar-refractivity contribution is 5.90. The molecule has 2 N–H and O–H groups in total. The van der Waals surface area contributed by atoms with Crippen molar-refractivity contribution in [1.82, 2.24) is 14.8 Å². The third kappa shape index (κ3) is 4.61. The fourth-order valence-electron chi connectivity index (χ4n) is 4.19. The standard InChI is InChI=1S/C26H24FN5O2/c1-34-21-13-7-17(8-14-21)15-24(33)29-25-30-26-28-22(18-5-3-2-4-6-18)16-23(32(26)31-25)19-9-11-20(27)12-10-19/h2-14,22-23H,15-16H2,1H3,(H2,28,29,30,31,33)/t22-,23-/m0/s1. The van der Waals surface area contributed by atoms with Crippen molar-refractivity contribution in [2.24, 2.45) is 0 Å². The second-order valence-electron chi connectivity index (χ2n) is 8.19. The second kappa shape index (κ2) is 9.35. The molecule has 3 aromatic carbocycles. The molecule has 2 heterocycles. The monoisotopic (exact) mass is 457 g/mol. The van der Waals surface area contributed by atoms with Crippen LogP contribution in [0.2, 0.25) is 0 Å². The number of halogens is 1. The molecule has 7 nitrogen and oxygen atoms in total. The number of hydrogen-bond acceptors (Lipinski definition) is 5. The van der Waals surface area contributed by atoms with Crippen LogP contribution in [0.15, 0.2) is 78.9 Å². The Kier molecular flexibility index (Phi) is 5.95. The van der Waals surface area contributed by atoms with E-state index in [2.05, 4.69) is 32.8 Å². The number of anilines is 2. The van der Waals surface area contributed by atoms with Gasteiger partial charge in [0.05, 0.1) is 25.6 Å². The summed E-state index contributed by atoms with van der Waals surface area (Å²) in [4.78, 5) is 17.2. The van der Waals surface area contributed by atoms with Gasteiger partial charge in [0.15, 0.2) is 0 Å². The molecular formula is C26H24FN5O2. The first-order valence-corrected chi connectivity index (χ1v) is 11.1. The van der Waals surface area contributed by atoms with E-state index in [4.69, 9.17) is 4.74 Å². The zero-order valence-electron chi connectivity index (χ0n) is 18.6. The summed E-state index contributed by atoms with van der Waals surface area (Å²) in [6.07, 6.45) is 0.889. The van der Waals surface area contributed by atoms with Gasteiger partial charge >= 0.3 is 0 Å². The molecule has 0 aliphatic carbocycles. The van der Waals surface area contributed by atoms with E-state index < -0.39 is 0 Å². The Hall–Kier alpha value is -4.20. The number of carbonyl (C=O) groups is 1. The minimum atomic E-state index is -0.289. The van der Waals surface area contributed by atoms with Crippen molar-refractivity contribution >= 4 is 17.8 Å². The van der Waals surface area contributed by atoms with Crippen molar-refractivity contribution in [3.05, 3.63) is 101 Å². The molecule has 34 heavy (non-hydrogen) atoms. The Morgan fingerprint density at radius 3 is 2.50 bits per heavy atom. The smallest absolute Gasteiger partial charge is 0.250 e. The van der Waals surface area contributed by atoms with Gasteiger partial charge in [-0.3, -0.25) is 10.1 Å². The van der Waals surface area contributed by atoms with Crippen LogP contribution in [0.1, 0.15) is 35.2 Å². The lowest BCUT2D eigenvalue weighted by Crippen LogP contribution is -2.28. The molecule has 0 bridgehead atoms. The average Bonchev–Trinajstić information content (AvgIpc) is 3.27. The molecule has 1 amide bonds. The largest absolute Gasteiger partial charge is 0.497 e. The van der Waals surface area contributed by atoms with Gasteiger partial charge < -0.3 is 10.1 Å². The van der Waals surface area contributed by atoms with Crippen LogP contribution >= 0.6 is 0 Å². The zero-order chi connectivity index (χ0) is 23.5. The van der Waals surface area contributed by atoms with E-state index in [9.17, 15) is 9.18 Å². The topological polar surface area (TPSA) is 81.1 Å². The Labute approximate surface area is 196 Å². The van der Waals surface area contributed by atoms with E-state index in [1.54, 1.807) is 23.9 Å². The number of methoxy groups -OCH3 is 1. The van der Waals surface area contributed by atoms with E-state index in [1.165, 1.54) is 12.1 Å². The summed E-state index contributed by atoms with van der Waals surface area (Å²) >= 11 is 0. The molecule has 8 heteroatoms. The highest BCUT2D eigenvalue weighted by atomic mass is 19.1. The summed E-state index contributed by atoms with van der Waals surface area (Å²) in [7, 11) is 1.60. The van der Waals surface area contributed by atoms with Gasteiger partial charge in [0, 0.05) is 0 Å². The highest BCUT2D eigenvalue weighted by Gasteiger charge is 2.31. The van der Waals surface area contributed by atoms with Crippen LogP contribution in [0, 0.1) is 5.82 Å². The van der Waals surface area contributed by atoms with Crippen molar-refractivity contribution in [2.45, 2.75) is 24.9 Å². The van der Waals surface area contributed by atoms with Gasteiger partial charge in [-0.25, -0.2) is 9.07 Å². The maximum Gasteiger partial charge on any atom is 0.250 e. The van der Waals surface area contributed by atoms with Crippen LogP contribution in [0.25, 0.3) is 0 Å². The van der Waals surface area contributed by atoms with Crippen molar-refractivity contribution in [2.75, 3.05) is 17.7 Å². The fourth-order valence-corrected chi connectivity index (χ4v) is 4.19. The van der Waals surface area contributed by atoms with Gasteiger partial charge in [-0.1, -0.05) is 54.6 Å². The number of amides is 1.